The molecule has 0 amide bonds. The zero-order chi connectivity index (χ0) is 31.5. The molecule has 1 aliphatic rings. The van der Waals surface area contributed by atoms with E-state index in [4.69, 9.17) is 19.5 Å². The summed E-state index contributed by atoms with van der Waals surface area (Å²) in [6, 6.07) is 19.5. The zero-order valence-electron chi connectivity index (χ0n) is 24.3. The second kappa shape index (κ2) is 13.3. The largest absolute Gasteiger partial charge is 0.496 e. The van der Waals surface area contributed by atoms with Gasteiger partial charge in [0.2, 0.25) is 0 Å². The molecule has 0 spiro atoms. The fourth-order valence-corrected chi connectivity index (χ4v) is 6.72. The van der Waals surface area contributed by atoms with E-state index in [1.807, 2.05) is 42.5 Å². The fourth-order valence-electron chi connectivity index (χ4n) is 4.79. The quantitative estimate of drug-likeness (QED) is 0.201. The number of thiazole rings is 1. The summed E-state index contributed by atoms with van der Waals surface area (Å²) in [4.78, 5) is 32.6. The van der Waals surface area contributed by atoms with Crippen LogP contribution in [0.25, 0.3) is 6.08 Å². The maximum absolute atomic E-state index is 14.0. The van der Waals surface area contributed by atoms with Gasteiger partial charge in [-0.25, -0.2) is 9.79 Å². The third kappa shape index (κ3) is 6.58. The summed E-state index contributed by atoms with van der Waals surface area (Å²) in [7, 11) is 1.55. The molecular weight excluding hydrogens is 710 g/mol. The van der Waals surface area contributed by atoms with Gasteiger partial charge in [0, 0.05) is 10.0 Å². The molecule has 4 aromatic rings. The molecular formula is C33H27Br2N3O5S. The van der Waals surface area contributed by atoms with Gasteiger partial charge in [0.15, 0.2) is 4.80 Å². The van der Waals surface area contributed by atoms with Crippen molar-refractivity contribution in [2.75, 3.05) is 7.11 Å². The number of hydrogen-bond donors (Lipinski definition) is 0. The van der Waals surface area contributed by atoms with Gasteiger partial charge in [-0.05, 0) is 96.4 Å². The second-order valence-corrected chi connectivity index (χ2v) is 13.0. The number of esters is 1. The van der Waals surface area contributed by atoms with Crippen LogP contribution in [0.4, 0.5) is 0 Å². The monoisotopic (exact) mass is 735 g/mol. The molecule has 0 fully saturated rings. The minimum absolute atomic E-state index is 0.278. The van der Waals surface area contributed by atoms with Crippen molar-refractivity contribution in [3.8, 4) is 17.6 Å². The highest BCUT2D eigenvalue weighted by Gasteiger charge is 2.35. The average Bonchev–Trinajstić information content (AvgIpc) is 3.29. The summed E-state index contributed by atoms with van der Waals surface area (Å²) in [5, 5.41) is 9.00. The Labute approximate surface area is 274 Å². The van der Waals surface area contributed by atoms with E-state index in [-0.39, 0.29) is 17.2 Å². The van der Waals surface area contributed by atoms with E-state index in [1.54, 1.807) is 52.2 Å². The van der Waals surface area contributed by atoms with Gasteiger partial charge < -0.3 is 14.2 Å². The van der Waals surface area contributed by atoms with Crippen LogP contribution >= 0.6 is 43.2 Å². The number of allylic oxidation sites excluding steroid dienone is 1. The lowest BCUT2D eigenvalue weighted by atomic mass is 9.95. The van der Waals surface area contributed by atoms with Crippen LogP contribution in [-0.4, -0.2) is 23.8 Å². The van der Waals surface area contributed by atoms with Gasteiger partial charge in [0.05, 0.1) is 45.1 Å². The van der Waals surface area contributed by atoms with E-state index in [2.05, 4.69) is 42.9 Å². The van der Waals surface area contributed by atoms with Gasteiger partial charge in [-0.3, -0.25) is 9.36 Å². The number of carbonyl (C=O) groups excluding carboxylic acids is 1. The molecule has 44 heavy (non-hydrogen) atoms. The predicted molar refractivity (Wildman–Crippen MR) is 175 cm³/mol. The molecule has 0 radical (unpaired) electrons. The predicted octanol–water partition coefficient (Wildman–Crippen LogP) is 6.17. The molecule has 0 saturated heterocycles. The van der Waals surface area contributed by atoms with Gasteiger partial charge in [-0.15, -0.1) is 0 Å². The van der Waals surface area contributed by atoms with Gasteiger partial charge in [0.25, 0.3) is 5.56 Å². The van der Waals surface area contributed by atoms with Crippen molar-refractivity contribution in [2.45, 2.75) is 39.5 Å². The van der Waals surface area contributed by atoms with E-state index < -0.39 is 12.0 Å². The van der Waals surface area contributed by atoms with Crippen molar-refractivity contribution in [3.63, 3.8) is 0 Å². The number of rotatable bonds is 8. The van der Waals surface area contributed by atoms with E-state index in [0.717, 1.165) is 20.1 Å². The number of aromatic nitrogens is 1. The van der Waals surface area contributed by atoms with Crippen molar-refractivity contribution >= 4 is 55.2 Å². The molecule has 0 unspecified atom stereocenters. The number of methoxy groups -OCH3 is 1. The molecule has 0 saturated carbocycles. The van der Waals surface area contributed by atoms with E-state index in [9.17, 15) is 9.59 Å². The van der Waals surface area contributed by atoms with Crippen LogP contribution in [0.2, 0.25) is 0 Å². The van der Waals surface area contributed by atoms with Gasteiger partial charge in [-0.1, -0.05) is 45.5 Å². The highest BCUT2D eigenvalue weighted by atomic mass is 79.9. The maximum Gasteiger partial charge on any atom is 0.338 e. The Balaban J connectivity index is 1.54. The lowest BCUT2D eigenvalue weighted by Crippen LogP contribution is -2.40. The first-order valence-electron chi connectivity index (χ1n) is 13.6. The molecule has 0 N–H and O–H groups in total. The smallest absolute Gasteiger partial charge is 0.338 e. The number of nitrogens with zero attached hydrogens (tertiary/aromatic N) is 3. The number of benzene rings is 3. The van der Waals surface area contributed by atoms with Gasteiger partial charge >= 0.3 is 5.97 Å². The Morgan fingerprint density at radius 1 is 1.11 bits per heavy atom. The van der Waals surface area contributed by atoms with E-state index in [0.29, 0.717) is 44.3 Å². The van der Waals surface area contributed by atoms with Crippen LogP contribution < -0.4 is 24.4 Å². The maximum atomic E-state index is 14.0. The molecule has 3 aromatic carbocycles. The highest BCUT2D eigenvalue weighted by Crippen LogP contribution is 2.37. The first-order valence-corrected chi connectivity index (χ1v) is 16.0. The number of nitriles is 1. The van der Waals surface area contributed by atoms with Crippen LogP contribution in [0.15, 0.2) is 90.7 Å². The highest BCUT2D eigenvalue weighted by molar-refractivity contribution is 9.10. The minimum Gasteiger partial charge on any atom is -0.496 e. The molecule has 1 atom stereocenters. The molecule has 11 heteroatoms. The van der Waals surface area contributed by atoms with Crippen molar-refractivity contribution < 1.29 is 19.0 Å². The summed E-state index contributed by atoms with van der Waals surface area (Å²) in [5.74, 6) is 0.625. The Morgan fingerprint density at radius 2 is 1.84 bits per heavy atom. The number of fused-ring (bicyclic) bond motifs is 1. The third-order valence-electron chi connectivity index (χ3n) is 6.80. The Hall–Kier alpha value is -3.98. The van der Waals surface area contributed by atoms with Crippen LogP contribution in [0.3, 0.4) is 0 Å². The SMILES string of the molecule is COc1ccc(Br)cc1[C@@H]1C(C(=O)OC(C)C)=C(C)N=c2s/c(=C\c3ccc(OCc4ccc(C#N)cc4)c(Br)c3)c(=O)n21. The van der Waals surface area contributed by atoms with Gasteiger partial charge in [0.1, 0.15) is 24.1 Å². The molecule has 1 aromatic heterocycles. The fraction of sp³-hybridized carbons (Fsp3) is 0.212. The third-order valence-corrected chi connectivity index (χ3v) is 8.90. The summed E-state index contributed by atoms with van der Waals surface area (Å²) in [5.41, 5.74) is 3.40. The summed E-state index contributed by atoms with van der Waals surface area (Å²) in [6.45, 7) is 5.64. The molecule has 224 valence electrons. The lowest BCUT2D eigenvalue weighted by molar-refractivity contribution is -0.143. The van der Waals surface area contributed by atoms with Crippen molar-refractivity contribution in [2.24, 2.45) is 4.99 Å². The molecule has 0 bridgehead atoms. The van der Waals surface area contributed by atoms with Crippen LogP contribution in [0, 0.1) is 11.3 Å². The van der Waals surface area contributed by atoms with Crippen molar-refractivity contribution in [1.29, 1.82) is 5.26 Å². The Bertz CT molecular complexity index is 2010. The number of halogens is 2. The molecule has 0 aliphatic carbocycles. The zero-order valence-corrected chi connectivity index (χ0v) is 28.2. The number of ether oxygens (including phenoxy) is 3. The normalized spacial score (nSPS) is 14.6. The van der Waals surface area contributed by atoms with Crippen molar-refractivity contribution in [3.05, 3.63) is 123 Å². The van der Waals surface area contributed by atoms with E-state index in [1.165, 1.54) is 15.9 Å². The Morgan fingerprint density at radius 3 is 2.50 bits per heavy atom. The van der Waals surface area contributed by atoms with Crippen LogP contribution in [0.1, 0.15) is 49.1 Å². The standard InChI is InChI=1S/C33H27Br2N3O5S/c1-18(2)43-32(40)29-19(3)37-33-38(30(29)24-15-23(34)10-12-26(24)41-4)31(39)28(44-33)14-22-9-11-27(25(35)13-22)42-17-21-7-5-20(16-36)6-8-21/h5-15,18,30H,17H2,1-4H3/b28-14-/t30-/m1/s1. The topological polar surface area (TPSA) is 103 Å². The average molecular weight is 737 g/mol. The summed E-state index contributed by atoms with van der Waals surface area (Å²) in [6.07, 6.45) is 1.44. The second-order valence-electron chi connectivity index (χ2n) is 10.2. The molecule has 1 aliphatic heterocycles. The minimum atomic E-state index is -0.808. The van der Waals surface area contributed by atoms with Crippen LogP contribution in [0.5, 0.6) is 11.5 Å². The number of hydrogen-bond acceptors (Lipinski definition) is 8. The number of carbonyl (C=O) groups is 1. The first kappa shape index (κ1) is 31.4. The van der Waals surface area contributed by atoms with Crippen LogP contribution in [-0.2, 0) is 16.1 Å². The van der Waals surface area contributed by atoms with Crippen molar-refractivity contribution in [1.82, 2.24) is 4.57 Å². The molecule has 2 heterocycles. The summed E-state index contributed by atoms with van der Waals surface area (Å²) >= 11 is 8.35. The molecule has 5 rings (SSSR count). The molecule has 8 nitrogen and oxygen atoms in total. The first-order chi connectivity index (χ1) is 21.1. The summed E-state index contributed by atoms with van der Waals surface area (Å²) < 4.78 is 20.7. The lowest BCUT2D eigenvalue weighted by Gasteiger charge is -2.26. The van der Waals surface area contributed by atoms with E-state index >= 15 is 0 Å². The Kier molecular flexibility index (Phi) is 9.53. The van der Waals surface area contributed by atoms with Gasteiger partial charge in [-0.2, -0.15) is 5.26 Å².